The number of aryl methyl sites for hydroxylation is 1. The van der Waals surface area contributed by atoms with Gasteiger partial charge in [0.15, 0.2) is 0 Å². The number of hydrogen-bond acceptors (Lipinski definition) is 2. The highest BCUT2D eigenvalue weighted by atomic mass is 16.1. The summed E-state index contributed by atoms with van der Waals surface area (Å²) in [6.45, 7) is 2.80. The van der Waals surface area contributed by atoms with Crippen molar-refractivity contribution < 1.29 is 4.79 Å². The van der Waals surface area contributed by atoms with Crippen LogP contribution >= 0.6 is 0 Å². The molecule has 1 amide bonds. The Morgan fingerprint density at radius 2 is 1.70 bits per heavy atom. The van der Waals surface area contributed by atoms with Crippen LogP contribution in [0.4, 0.5) is 0 Å². The monoisotopic (exact) mass is 361 g/mol. The molecule has 1 aromatic heterocycles. The number of para-hydroxylation sites is 1. The van der Waals surface area contributed by atoms with Gasteiger partial charge in [-0.2, -0.15) is 5.10 Å². The fraction of sp³-hybridized carbons (Fsp3) is 0.304. The Morgan fingerprint density at radius 3 is 2.44 bits per heavy atom. The van der Waals surface area contributed by atoms with Crippen LogP contribution in [0, 0.1) is 0 Å². The minimum absolute atomic E-state index is 0.0544. The molecule has 0 saturated carbocycles. The zero-order valence-corrected chi connectivity index (χ0v) is 15.9. The van der Waals surface area contributed by atoms with Crippen molar-refractivity contribution in [3.63, 3.8) is 0 Å². The van der Waals surface area contributed by atoms with Crippen LogP contribution in [0.3, 0.4) is 0 Å². The molecule has 4 nitrogen and oxygen atoms in total. The largest absolute Gasteiger partial charge is 0.355 e. The Morgan fingerprint density at radius 1 is 0.963 bits per heavy atom. The van der Waals surface area contributed by atoms with E-state index in [4.69, 9.17) is 0 Å². The molecule has 0 spiro atoms. The number of nitrogens with zero attached hydrogens (tertiary/aromatic N) is 2. The molecule has 3 aromatic rings. The number of hydrogen-bond donors (Lipinski definition) is 1. The van der Waals surface area contributed by atoms with Crippen LogP contribution < -0.4 is 5.32 Å². The van der Waals surface area contributed by atoms with E-state index < -0.39 is 0 Å². The molecule has 4 heteroatoms. The first-order valence-electron chi connectivity index (χ1n) is 9.69. The highest BCUT2D eigenvalue weighted by Gasteiger charge is 2.05. The van der Waals surface area contributed by atoms with Crippen molar-refractivity contribution in [1.29, 1.82) is 0 Å². The predicted octanol–water partition coefficient (Wildman–Crippen LogP) is 4.12. The third kappa shape index (κ3) is 5.81. The fourth-order valence-electron chi connectivity index (χ4n) is 3.00. The molecule has 0 fully saturated rings. The lowest BCUT2D eigenvalue weighted by Gasteiger charge is -2.06. The van der Waals surface area contributed by atoms with Gasteiger partial charge in [0.25, 0.3) is 0 Å². The maximum Gasteiger partial charge on any atom is 0.224 e. The number of benzene rings is 2. The number of rotatable bonds is 9. The van der Waals surface area contributed by atoms with Crippen LogP contribution in [0.2, 0.25) is 0 Å². The average Bonchev–Trinajstić information content (AvgIpc) is 3.17. The molecule has 1 heterocycles. The lowest BCUT2D eigenvalue weighted by molar-refractivity contribution is -0.120. The summed E-state index contributed by atoms with van der Waals surface area (Å²) < 4.78 is 1.86. The van der Waals surface area contributed by atoms with Gasteiger partial charge in [0.1, 0.15) is 0 Å². The van der Waals surface area contributed by atoms with E-state index >= 15 is 0 Å². The van der Waals surface area contributed by atoms with Crippen molar-refractivity contribution in [2.75, 3.05) is 6.54 Å². The first-order chi connectivity index (χ1) is 13.2. The van der Waals surface area contributed by atoms with E-state index in [1.807, 2.05) is 47.3 Å². The van der Waals surface area contributed by atoms with Gasteiger partial charge in [-0.25, -0.2) is 4.68 Å². The molecule has 0 aliphatic heterocycles. The maximum atomic E-state index is 12.1. The fourth-order valence-corrected chi connectivity index (χ4v) is 3.00. The number of carbonyl (C=O) groups is 1. The number of unbranched alkanes of at least 4 members (excludes halogenated alkanes) is 1. The van der Waals surface area contributed by atoms with E-state index in [0.29, 0.717) is 13.0 Å². The summed E-state index contributed by atoms with van der Waals surface area (Å²) in [5, 5.41) is 7.55. The Hall–Kier alpha value is -2.88. The topological polar surface area (TPSA) is 46.9 Å². The third-order valence-corrected chi connectivity index (χ3v) is 4.58. The van der Waals surface area contributed by atoms with Crippen LogP contribution in [-0.4, -0.2) is 22.2 Å². The summed E-state index contributed by atoms with van der Waals surface area (Å²) in [6, 6.07) is 20.4. The van der Waals surface area contributed by atoms with Gasteiger partial charge < -0.3 is 5.32 Å². The van der Waals surface area contributed by atoms with Gasteiger partial charge in [-0.3, -0.25) is 4.79 Å². The molecule has 0 aliphatic rings. The zero-order chi connectivity index (χ0) is 18.9. The molecule has 27 heavy (non-hydrogen) atoms. The normalized spacial score (nSPS) is 10.7. The molecular formula is C23H27N3O. The Labute approximate surface area is 161 Å². The molecule has 2 aromatic carbocycles. The van der Waals surface area contributed by atoms with E-state index in [0.717, 1.165) is 29.8 Å². The van der Waals surface area contributed by atoms with Gasteiger partial charge in [0.2, 0.25) is 5.91 Å². The molecule has 0 saturated heterocycles. The smallest absolute Gasteiger partial charge is 0.224 e. The minimum Gasteiger partial charge on any atom is -0.355 e. The van der Waals surface area contributed by atoms with E-state index in [1.165, 1.54) is 18.4 Å². The first-order valence-corrected chi connectivity index (χ1v) is 9.69. The summed E-state index contributed by atoms with van der Waals surface area (Å²) in [6.07, 6.45) is 6.62. The highest BCUT2D eigenvalue weighted by Crippen LogP contribution is 2.09. The molecule has 3 rings (SSSR count). The summed E-state index contributed by atoms with van der Waals surface area (Å²) >= 11 is 0. The summed E-state index contributed by atoms with van der Waals surface area (Å²) in [5.74, 6) is 0.0544. The van der Waals surface area contributed by atoms with Crippen molar-refractivity contribution in [2.45, 2.75) is 39.0 Å². The second-order valence-corrected chi connectivity index (χ2v) is 6.78. The SMILES string of the molecule is CCCCc1ccc(CC(=O)NCCc2ccn(-c3ccccc3)n2)cc1. The quantitative estimate of drug-likeness (QED) is 0.623. The molecule has 140 valence electrons. The highest BCUT2D eigenvalue weighted by molar-refractivity contribution is 5.78. The summed E-state index contributed by atoms with van der Waals surface area (Å²) in [4.78, 5) is 12.1. The van der Waals surface area contributed by atoms with Gasteiger partial charge >= 0.3 is 0 Å². The van der Waals surface area contributed by atoms with Gasteiger partial charge in [0.05, 0.1) is 17.8 Å². The Kier molecular flexibility index (Phi) is 6.80. The lowest BCUT2D eigenvalue weighted by Crippen LogP contribution is -2.27. The second-order valence-electron chi connectivity index (χ2n) is 6.78. The lowest BCUT2D eigenvalue weighted by atomic mass is 10.0. The van der Waals surface area contributed by atoms with Crippen LogP contribution in [0.1, 0.15) is 36.6 Å². The van der Waals surface area contributed by atoms with Crippen molar-refractivity contribution in [1.82, 2.24) is 15.1 Å². The van der Waals surface area contributed by atoms with Gasteiger partial charge in [-0.05, 0) is 42.2 Å². The zero-order valence-electron chi connectivity index (χ0n) is 15.9. The van der Waals surface area contributed by atoms with Crippen LogP contribution in [0.5, 0.6) is 0 Å². The molecule has 1 N–H and O–H groups in total. The van der Waals surface area contributed by atoms with Crippen LogP contribution in [0.25, 0.3) is 5.69 Å². The molecule has 0 bridgehead atoms. The van der Waals surface area contributed by atoms with Crippen molar-refractivity contribution in [3.8, 4) is 5.69 Å². The summed E-state index contributed by atoms with van der Waals surface area (Å²) in [7, 11) is 0. The first kappa shape index (κ1) is 18.9. The van der Waals surface area contributed by atoms with E-state index in [-0.39, 0.29) is 5.91 Å². The standard InChI is InChI=1S/C23H27N3O/c1-2-3-7-19-10-12-20(13-11-19)18-23(27)24-16-14-21-15-17-26(25-21)22-8-5-4-6-9-22/h4-6,8-13,15,17H,2-3,7,14,16,18H2,1H3,(H,24,27). The van der Waals surface area contributed by atoms with E-state index in [1.54, 1.807) is 0 Å². The van der Waals surface area contributed by atoms with Gasteiger partial charge in [-0.15, -0.1) is 0 Å². The predicted molar refractivity (Wildman–Crippen MR) is 109 cm³/mol. The average molecular weight is 361 g/mol. The van der Waals surface area contributed by atoms with Gasteiger partial charge in [0, 0.05) is 19.2 Å². The van der Waals surface area contributed by atoms with Crippen molar-refractivity contribution in [2.24, 2.45) is 0 Å². The maximum absolute atomic E-state index is 12.1. The van der Waals surface area contributed by atoms with E-state index in [9.17, 15) is 4.79 Å². The molecule has 0 radical (unpaired) electrons. The molecule has 0 atom stereocenters. The summed E-state index contributed by atoms with van der Waals surface area (Å²) in [5.41, 5.74) is 4.41. The van der Waals surface area contributed by atoms with Crippen LogP contribution in [-0.2, 0) is 24.1 Å². The van der Waals surface area contributed by atoms with Crippen molar-refractivity contribution in [3.05, 3.63) is 83.7 Å². The van der Waals surface area contributed by atoms with E-state index in [2.05, 4.69) is 41.6 Å². The molecular weight excluding hydrogens is 334 g/mol. The van der Waals surface area contributed by atoms with Gasteiger partial charge in [-0.1, -0.05) is 55.8 Å². The second kappa shape index (κ2) is 9.72. The minimum atomic E-state index is 0.0544. The number of nitrogens with one attached hydrogen (secondary N) is 1. The number of aromatic nitrogens is 2. The number of carbonyl (C=O) groups excluding carboxylic acids is 1. The molecule has 0 aliphatic carbocycles. The van der Waals surface area contributed by atoms with Crippen LogP contribution in [0.15, 0.2) is 66.9 Å². The van der Waals surface area contributed by atoms with Crippen molar-refractivity contribution >= 4 is 5.91 Å². The Balaban J connectivity index is 1.42. The number of amides is 1. The Bertz CT molecular complexity index is 838. The third-order valence-electron chi connectivity index (χ3n) is 4.58. The molecule has 0 unspecified atom stereocenters.